The van der Waals surface area contributed by atoms with E-state index in [-0.39, 0.29) is 17.9 Å². The third-order valence-corrected chi connectivity index (χ3v) is 3.89. The number of ether oxygens (including phenoxy) is 2. The first-order chi connectivity index (χ1) is 14.0. The fourth-order valence-corrected chi connectivity index (χ4v) is 2.47. The predicted molar refractivity (Wildman–Crippen MR) is 104 cm³/mol. The van der Waals surface area contributed by atoms with Gasteiger partial charge < -0.3 is 24.1 Å². The van der Waals surface area contributed by atoms with Crippen LogP contribution in [0.15, 0.2) is 64.0 Å². The van der Waals surface area contributed by atoms with Crippen LogP contribution in [0.25, 0.3) is 0 Å². The summed E-state index contributed by atoms with van der Waals surface area (Å²) in [6.45, 7) is 0.0407. The van der Waals surface area contributed by atoms with Gasteiger partial charge in [-0.15, -0.1) is 0 Å². The van der Waals surface area contributed by atoms with Crippen molar-refractivity contribution < 1.29 is 33.7 Å². The van der Waals surface area contributed by atoms with Crippen molar-refractivity contribution in [3.8, 4) is 11.5 Å². The number of carbonyl (C=O) groups is 2. The minimum absolute atomic E-state index is 0.0407. The van der Waals surface area contributed by atoms with Gasteiger partial charge in [-0.25, -0.2) is 9.59 Å². The van der Waals surface area contributed by atoms with Gasteiger partial charge in [-0.05, 0) is 54.1 Å². The maximum atomic E-state index is 11.0. The molecule has 1 aromatic heterocycles. The molecule has 2 aromatic carbocycles. The maximum absolute atomic E-state index is 11.0. The zero-order valence-corrected chi connectivity index (χ0v) is 15.4. The molecule has 0 bridgehead atoms. The van der Waals surface area contributed by atoms with Crippen LogP contribution < -0.4 is 9.47 Å². The van der Waals surface area contributed by atoms with Crippen molar-refractivity contribution in [1.29, 1.82) is 0 Å². The van der Waals surface area contributed by atoms with Crippen LogP contribution in [0.5, 0.6) is 11.5 Å². The lowest BCUT2D eigenvalue weighted by Crippen LogP contribution is -1.98. The highest BCUT2D eigenvalue weighted by atomic mass is 16.5. The summed E-state index contributed by atoms with van der Waals surface area (Å²) >= 11 is 0. The molecule has 29 heavy (non-hydrogen) atoms. The number of hydrogen-bond donors (Lipinski definition) is 2. The first-order valence-corrected chi connectivity index (χ1v) is 8.46. The normalized spacial score (nSPS) is 10.8. The lowest BCUT2D eigenvalue weighted by molar-refractivity contribution is 0.0655. The summed E-state index contributed by atoms with van der Waals surface area (Å²) in [5.74, 6) is -1.05. The SMILES string of the molecule is COc1cc(C=Nc2cccc(C(=O)O)c2)ccc1OCc1ccc(C(=O)O)o1. The summed E-state index contributed by atoms with van der Waals surface area (Å²) in [7, 11) is 1.49. The minimum Gasteiger partial charge on any atom is -0.493 e. The van der Waals surface area contributed by atoms with Crippen molar-refractivity contribution in [3.05, 3.63) is 77.2 Å². The third-order valence-electron chi connectivity index (χ3n) is 3.89. The number of carboxylic acid groups (broad SMARTS) is 2. The number of aromatic carboxylic acids is 2. The van der Waals surface area contributed by atoms with Crippen LogP contribution in [0.4, 0.5) is 5.69 Å². The Morgan fingerprint density at radius 2 is 1.86 bits per heavy atom. The predicted octanol–water partition coefficient (Wildman–Crippen LogP) is 4.01. The number of nitrogens with zero attached hydrogens (tertiary/aromatic N) is 1. The molecule has 0 atom stereocenters. The monoisotopic (exact) mass is 395 g/mol. The van der Waals surface area contributed by atoms with E-state index in [1.165, 1.54) is 31.4 Å². The van der Waals surface area contributed by atoms with Gasteiger partial charge in [0.1, 0.15) is 12.4 Å². The molecule has 0 radical (unpaired) electrons. The molecule has 0 fully saturated rings. The van der Waals surface area contributed by atoms with Gasteiger partial charge in [0.25, 0.3) is 0 Å². The topological polar surface area (TPSA) is 119 Å². The van der Waals surface area contributed by atoms with E-state index in [4.69, 9.17) is 24.1 Å². The van der Waals surface area contributed by atoms with E-state index in [0.717, 1.165) is 5.56 Å². The van der Waals surface area contributed by atoms with E-state index in [1.54, 1.807) is 36.5 Å². The lowest BCUT2D eigenvalue weighted by atomic mass is 10.2. The molecule has 0 spiro atoms. The molecule has 0 aliphatic rings. The van der Waals surface area contributed by atoms with Crippen LogP contribution in [0.3, 0.4) is 0 Å². The summed E-state index contributed by atoms with van der Waals surface area (Å²) < 4.78 is 16.1. The lowest BCUT2D eigenvalue weighted by Gasteiger charge is -2.10. The number of aliphatic imine (C=N–C) groups is 1. The summed E-state index contributed by atoms with van der Waals surface area (Å²) in [6, 6.07) is 14.3. The summed E-state index contributed by atoms with van der Waals surface area (Å²) in [5.41, 5.74) is 1.39. The van der Waals surface area contributed by atoms with Gasteiger partial charge >= 0.3 is 11.9 Å². The number of hydrogen-bond acceptors (Lipinski definition) is 6. The van der Waals surface area contributed by atoms with Crippen LogP contribution in [-0.2, 0) is 6.61 Å². The van der Waals surface area contributed by atoms with Gasteiger partial charge in [0.05, 0.1) is 18.4 Å². The Hall–Kier alpha value is -4.07. The average Bonchev–Trinajstić information content (AvgIpc) is 3.20. The average molecular weight is 395 g/mol. The van der Waals surface area contributed by atoms with Crippen molar-refractivity contribution >= 4 is 23.8 Å². The molecule has 0 amide bonds. The second-order valence-electron chi connectivity index (χ2n) is 5.88. The molecule has 0 unspecified atom stereocenters. The van der Waals surface area contributed by atoms with Gasteiger partial charge in [0.2, 0.25) is 5.76 Å². The molecule has 0 saturated heterocycles. The van der Waals surface area contributed by atoms with Crippen molar-refractivity contribution in [3.63, 3.8) is 0 Å². The molecule has 8 heteroatoms. The molecule has 3 rings (SSSR count). The van der Waals surface area contributed by atoms with E-state index >= 15 is 0 Å². The number of rotatable bonds is 8. The Morgan fingerprint density at radius 1 is 1.03 bits per heavy atom. The fraction of sp³-hybridized carbons (Fsp3) is 0.0952. The van der Waals surface area contributed by atoms with Crippen LogP contribution in [0.2, 0.25) is 0 Å². The van der Waals surface area contributed by atoms with Crippen molar-refractivity contribution in [2.24, 2.45) is 4.99 Å². The number of furan rings is 1. The van der Waals surface area contributed by atoms with E-state index in [1.807, 2.05) is 0 Å². The Morgan fingerprint density at radius 3 is 2.55 bits per heavy atom. The van der Waals surface area contributed by atoms with Crippen molar-refractivity contribution in [2.45, 2.75) is 6.61 Å². The van der Waals surface area contributed by atoms with Gasteiger partial charge in [-0.1, -0.05) is 6.07 Å². The Labute approximate surface area is 165 Å². The maximum Gasteiger partial charge on any atom is 0.371 e. The van der Waals surface area contributed by atoms with Gasteiger partial charge in [0, 0.05) is 6.21 Å². The molecule has 0 saturated carbocycles. The summed E-state index contributed by atoms with van der Waals surface area (Å²) in [4.78, 5) is 26.2. The Kier molecular flexibility index (Phi) is 5.94. The second kappa shape index (κ2) is 8.75. The van der Waals surface area contributed by atoms with E-state index in [2.05, 4.69) is 4.99 Å². The highest BCUT2D eigenvalue weighted by Crippen LogP contribution is 2.29. The quantitative estimate of drug-likeness (QED) is 0.553. The van der Waals surface area contributed by atoms with Gasteiger partial charge in [-0.3, -0.25) is 4.99 Å². The third kappa shape index (κ3) is 5.01. The number of benzene rings is 2. The second-order valence-corrected chi connectivity index (χ2v) is 5.88. The van der Waals surface area contributed by atoms with Crippen LogP contribution >= 0.6 is 0 Å². The van der Waals surface area contributed by atoms with Crippen LogP contribution in [0.1, 0.15) is 32.2 Å². The largest absolute Gasteiger partial charge is 0.493 e. The fourth-order valence-electron chi connectivity index (χ4n) is 2.47. The van der Waals surface area contributed by atoms with Crippen molar-refractivity contribution in [1.82, 2.24) is 0 Å². The number of carboxylic acids is 2. The molecule has 3 aromatic rings. The van der Waals surface area contributed by atoms with Gasteiger partial charge in [-0.2, -0.15) is 0 Å². The molecule has 8 nitrogen and oxygen atoms in total. The molecular weight excluding hydrogens is 378 g/mol. The molecule has 0 aliphatic heterocycles. The number of methoxy groups -OCH3 is 1. The zero-order chi connectivity index (χ0) is 20.8. The van der Waals surface area contributed by atoms with E-state index in [0.29, 0.717) is 22.9 Å². The van der Waals surface area contributed by atoms with E-state index in [9.17, 15) is 9.59 Å². The standard InChI is InChI=1S/C21H17NO7/c1-27-19-9-13(11-22-15-4-2-3-14(10-15)20(23)24)5-7-17(19)28-12-16-6-8-18(29-16)21(25)26/h2-11H,12H2,1H3,(H,23,24)(H,25,26). The summed E-state index contributed by atoms with van der Waals surface area (Å²) in [5, 5.41) is 17.9. The smallest absolute Gasteiger partial charge is 0.371 e. The minimum atomic E-state index is -1.15. The van der Waals surface area contributed by atoms with Gasteiger partial charge in [0.15, 0.2) is 11.5 Å². The zero-order valence-electron chi connectivity index (χ0n) is 15.4. The molecule has 148 valence electrons. The van der Waals surface area contributed by atoms with Crippen LogP contribution in [0, 0.1) is 0 Å². The van der Waals surface area contributed by atoms with Crippen molar-refractivity contribution in [2.75, 3.05) is 7.11 Å². The van der Waals surface area contributed by atoms with Crippen LogP contribution in [-0.4, -0.2) is 35.5 Å². The summed E-state index contributed by atoms with van der Waals surface area (Å²) in [6.07, 6.45) is 1.58. The molecule has 2 N–H and O–H groups in total. The van der Waals surface area contributed by atoms with E-state index < -0.39 is 11.9 Å². The first kappa shape index (κ1) is 19.7. The first-order valence-electron chi connectivity index (χ1n) is 8.46. The Bertz CT molecular complexity index is 1070. The molecule has 0 aliphatic carbocycles. The molecule has 1 heterocycles. The highest BCUT2D eigenvalue weighted by molar-refractivity contribution is 5.89. The highest BCUT2D eigenvalue weighted by Gasteiger charge is 2.11. The Balaban J connectivity index is 1.71. The molecular formula is C21H17NO7.